The van der Waals surface area contributed by atoms with Crippen molar-refractivity contribution >= 4 is 34.5 Å². The first-order chi connectivity index (χ1) is 10.2. The maximum Gasteiger partial charge on any atom is 0.0458 e. The Balaban J connectivity index is 2.24. The molecule has 0 fully saturated rings. The molecular formula is C17H21Cl2NS. The van der Waals surface area contributed by atoms with Gasteiger partial charge in [0.25, 0.3) is 0 Å². The summed E-state index contributed by atoms with van der Waals surface area (Å²) in [5.74, 6) is 0. The number of nitrogens with one attached hydrogen (secondary N) is 1. The fourth-order valence-corrected chi connectivity index (χ4v) is 3.99. The Morgan fingerprint density at radius 2 is 1.95 bits per heavy atom. The molecule has 0 radical (unpaired) electrons. The van der Waals surface area contributed by atoms with E-state index in [1.807, 2.05) is 29.5 Å². The summed E-state index contributed by atoms with van der Waals surface area (Å²) in [6, 6.07) is 8.31. The second kappa shape index (κ2) is 8.19. The van der Waals surface area contributed by atoms with Crippen LogP contribution in [0.4, 0.5) is 0 Å². The van der Waals surface area contributed by atoms with Crippen molar-refractivity contribution in [1.29, 1.82) is 0 Å². The highest BCUT2D eigenvalue weighted by atomic mass is 35.5. The maximum absolute atomic E-state index is 6.33. The van der Waals surface area contributed by atoms with Crippen molar-refractivity contribution in [2.24, 2.45) is 0 Å². The average molecular weight is 342 g/mol. The molecule has 21 heavy (non-hydrogen) atoms. The highest BCUT2D eigenvalue weighted by Gasteiger charge is 2.17. The van der Waals surface area contributed by atoms with Gasteiger partial charge in [0.2, 0.25) is 0 Å². The summed E-state index contributed by atoms with van der Waals surface area (Å²) in [5, 5.41) is 7.27. The molecule has 1 aromatic carbocycles. The number of benzene rings is 1. The molecule has 0 spiro atoms. The Hall–Kier alpha value is -0.540. The zero-order valence-corrected chi connectivity index (χ0v) is 14.8. The van der Waals surface area contributed by atoms with Crippen LogP contribution in [-0.4, -0.2) is 6.54 Å². The van der Waals surface area contributed by atoms with E-state index in [1.165, 1.54) is 10.4 Å². The van der Waals surface area contributed by atoms with Crippen LogP contribution < -0.4 is 5.32 Å². The molecule has 0 amide bonds. The number of aryl methyl sites for hydroxylation is 1. The standard InChI is InChI=1S/C17H21Cl2NS/c1-3-8-20-16(17-12(4-2)7-9-21-17)10-13-5-6-14(18)11-15(13)19/h5-7,9,11,16,20H,3-4,8,10H2,1-2H3. The Bertz CT molecular complexity index is 580. The third-order valence-electron chi connectivity index (χ3n) is 3.56. The van der Waals surface area contributed by atoms with E-state index in [0.717, 1.165) is 36.4 Å². The second-order valence-electron chi connectivity index (χ2n) is 5.11. The lowest BCUT2D eigenvalue weighted by Crippen LogP contribution is -2.24. The first-order valence-electron chi connectivity index (χ1n) is 7.39. The first kappa shape index (κ1) is 16.8. The summed E-state index contributed by atoms with van der Waals surface area (Å²) in [4.78, 5) is 1.43. The monoisotopic (exact) mass is 341 g/mol. The molecule has 0 aliphatic rings. The van der Waals surface area contributed by atoms with Gasteiger partial charge in [-0.05, 0) is 60.5 Å². The molecule has 0 saturated heterocycles. The van der Waals surface area contributed by atoms with E-state index < -0.39 is 0 Å². The van der Waals surface area contributed by atoms with Crippen molar-refractivity contribution in [2.45, 2.75) is 39.2 Å². The molecule has 1 atom stereocenters. The van der Waals surface area contributed by atoms with Gasteiger partial charge in [0.1, 0.15) is 0 Å². The summed E-state index contributed by atoms with van der Waals surface area (Å²) < 4.78 is 0. The zero-order valence-electron chi connectivity index (χ0n) is 12.5. The van der Waals surface area contributed by atoms with E-state index in [4.69, 9.17) is 23.2 Å². The first-order valence-corrected chi connectivity index (χ1v) is 9.02. The van der Waals surface area contributed by atoms with Crippen LogP contribution in [0.2, 0.25) is 10.0 Å². The van der Waals surface area contributed by atoms with Gasteiger partial charge in [-0.1, -0.05) is 43.1 Å². The van der Waals surface area contributed by atoms with Crippen molar-refractivity contribution in [2.75, 3.05) is 6.54 Å². The molecule has 4 heteroatoms. The lowest BCUT2D eigenvalue weighted by Gasteiger charge is -2.20. The Kier molecular flexibility index (Phi) is 6.56. The molecule has 114 valence electrons. The molecule has 0 aliphatic carbocycles. The number of hydrogen-bond acceptors (Lipinski definition) is 2. The van der Waals surface area contributed by atoms with Crippen LogP contribution in [-0.2, 0) is 12.8 Å². The molecule has 0 aliphatic heterocycles. The zero-order chi connectivity index (χ0) is 15.2. The van der Waals surface area contributed by atoms with Gasteiger partial charge in [-0.15, -0.1) is 11.3 Å². The van der Waals surface area contributed by atoms with Gasteiger partial charge in [-0.3, -0.25) is 0 Å². The Labute approximate surface area is 141 Å². The van der Waals surface area contributed by atoms with Crippen LogP contribution in [0.5, 0.6) is 0 Å². The van der Waals surface area contributed by atoms with Crippen LogP contribution in [0.15, 0.2) is 29.6 Å². The minimum atomic E-state index is 0.318. The molecule has 0 bridgehead atoms. The molecule has 0 saturated carbocycles. The summed E-state index contributed by atoms with van der Waals surface area (Å²) in [6.07, 6.45) is 3.08. The van der Waals surface area contributed by atoms with Gasteiger partial charge in [-0.2, -0.15) is 0 Å². The van der Waals surface area contributed by atoms with Crippen LogP contribution in [0, 0.1) is 0 Å². The van der Waals surface area contributed by atoms with Crippen LogP contribution in [0.1, 0.15) is 42.3 Å². The van der Waals surface area contributed by atoms with Crippen LogP contribution in [0.25, 0.3) is 0 Å². The van der Waals surface area contributed by atoms with Gasteiger partial charge in [0, 0.05) is 21.0 Å². The average Bonchev–Trinajstić information content (AvgIpc) is 2.94. The van der Waals surface area contributed by atoms with Gasteiger partial charge >= 0.3 is 0 Å². The number of hydrogen-bond donors (Lipinski definition) is 1. The minimum Gasteiger partial charge on any atom is -0.309 e. The molecule has 2 rings (SSSR count). The molecule has 1 unspecified atom stereocenters. The van der Waals surface area contributed by atoms with E-state index in [2.05, 4.69) is 30.6 Å². The van der Waals surface area contributed by atoms with Crippen LogP contribution in [0.3, 0.4) is 0 Å². The molecule has 1 aromatic heterocycles. The van der Waals surface area contributed by atoms with Gasteiger partial charge in [-0.25, -0.2) is 0 Å². The number of halogens is 2. The predicted octanol–water partition coefficient (Wildman–Crippen LogP) is 5.90. The van der Waals surface area contributed by atoms with E-state index in [1.54, 1.807) is 0 Å². The summed E-state index contributed by atoms with van der Waals surface area (Å²) in [7, 11) is 0. The van der Waals surface area contributed by atoms with Gasteiger partial charge in [0.05, 0.1) is 0 Å². The van der Waals surface area contributed by atoms with Crippen molar-refractivity contribution in [3.63, 3.8) is 0 Å². The Morgan fingerprint density at radius 1 is 1.14 bits per heavy atom. The van der Waals surface area contributed by atoms with Crippen molar-refractivity contribution in [3.8, 4) is 0 Å². The maximum atomic E-state index is 6.33. The normalized spacial score (nSPS) is 12.6. The Morgan fingerprint density at radius 3 is 2.62 bits per heavy atom. The van der Waals surface area contributed by atoms with E-state index in [-0.39, 0.29) is 0 Å². The largest absolute Gasteiger partial charge is 0.309 e. The van der Waals surface area contributed by atoms with Gasteiger partial charge in [0.15, 0.2) is 0 Å². The minimum absolute atomic E-state index is 0.318. The topological polar surface area (TPSA) is 12.0 Å². The number of thiophene rings is 1. The van der Waals surface area contributed by atoms with Gasteiger partial charge < -0.3 is 5.32 Å². The third-order valence-corrected chi connectivity index (χ3v) is 5.22. The van der Waals surface area contributed by atoms with Crippen molar-refractivity contribution in [1.82, 2.24) is 5.32 Å². The molecule has 1 N–H and O–H groups in total. The van der Waals surface area contributed by atoms with Crippen molar-refractivity contribution < 1.29 is 0 Å². The van der Waals surface area contributed by atoms with E-state index >= 15 is 0 Å². The third kappa shape index (κ3) is 4.46. The molecule has 1 heterocycles. The lowest BCUT2D eigenvalue weighted by atomic mass is 10.0. The summed E-state index contributed by atoms with van der Waals surface area (Å²) in [5.41, 5.74) is 2.57. The summed E-state index contributed by atoms with van der Waals surface area (Å²) >= 11 is 14.1. The molecule has 2 aromatic rings. The predicted molar refractivity (Wildman–Crippen MR) is 94.9 cm³/mol. The quantitative estimate of drug-likeness (QED) is 0.660. The van der Waals surface area contributed by atoms with Crippen LogP contribution >= 0.6 is 34.5 Å². The van der Waals surface area contributed by atoms with E-state index in [0.29, 0.717) is 11.1 Å². The lowest BCUT2D eigenvalue weighted by molar-refractivity contribution is 0.534. The number of rotatable bonds is 7. The van der Waals surface area contributed by atoms with E-state index in [9.17, 15) is 0 Å². The molecule has 1 nitrogen and oxygen atoms in total. The smallest absolute Gasteiger partial charge is 0.0458 e. The SMILES string of the molecule is CCCNC(Cc1ccc(Cl)cc1Cl)c1sccc1CC. The summed E-state index contributed by atoms with van der Waals surface area (Å²) in [6.45, 7) is 5.41. The molecular weight excluding hydrogens is 321 g/mol. The second-order valence-corrected chi connectivity index (χ2v) is 6.90. The van der Waals surface area contributed by atoms with Crippen molar-refractivity contribution in [3.05, 3.63) is 55.7 Å². The highest BCUT2D eigenvalue weighted by Crippen LogP contribution is 2.31. The fraction of sp³-hybridized carbons (Fsp3) is 0.412. The fourth-order valence-electron chi connectivity index (χ4n) is 2.43. The highest BCUT2D eigenvalue weighted by molar-refractivity contribution is 7.10.